The molecule has 0 saturated carbocycles. The van der Waals surface area contributed by atoms with Crippen LogP contribution in [-0.2, 0) is 4.74 Å². The van der Waals surface area contributed by atoms with Crippen molar-refractivity contribution < 1.29 is 19.4 Å². The summed E-state index contributed by atoms with van der Waals surface area (Å²) in [6.45, 7) is 0.163. The van der Waals surface area contributed by atoms with E-state index in [1.165, 1.54) is 0 Å². The van der Waals surface area contributed by atoms with Crippen LogP contribution >= 0.6 is 34.8 Å². The zero-order valence-electron chi connectivity index (χ0n) is 17.1. The van der Waals surface area contributed by atoms with Crippen LogP contribution in [0.15, 0.2) is 42.5 Å². The Morgan fingerprint density at radius 2 is 1.69 bits per heavy atom. The third-order valence-electron chi connectivity index (χ3n) is 5.09. The summed E-state index contributed by atoms with van der Waals surface area (Å²) < 4.78 is 5.94. The first-order valence-electron chi connectivity index (χ1n) is 10.2. The van der Waals surface area contributed by atoms with Crippen molar-refractivity contribution in [2.45, 2.75) is 37.5 Å². The lowest BCUT2D eigenvalue weighted by Crippen LogP contribution is -2.52. The van der Waals surface area contributed by atoms with E-state index in [0.717, 1.165) is 0 Å². The molecule has 1 saturated heterocycles. The molecular weight excluding hydrogens is 477 g/mol. The number of hydrogen-bond acceptors (Lipinski definition) is 4. The van der Waals surface area contributed by atoms with E-state index in [1.54, 1.807) is 42.5 Å². The van der Waals surface area contributed by atoms with Crippen molar-refractivity contribution in [2.24, 2.45) is 0 Å². The smallest absolute Gasteiger partial charge is 0.319 e. The average Bonchev–Trinajstić information content (AvgIpc) is 2.75. The lowest BCUT2D eigenvalue weighted by Gasteiger charge is -2.36. The molecule has 3 amide bonds. The monoisotopic (exact) mass is 499 g/mol. The normalized spacial score (nSPS) is 20.4. The molecule has 3 rings (SSSR count). The van der Waals surface area contributed by atoms with Gasteiger partial charge >= 0.3 is 6.03 Å². The van der Waals surface area contributed by atoms with Gasteiger partial charge in [0.05, 0.1) is 18.8 Å². The Balaban J connectivity index is 1.44. The Morgan fingerprint density at radius 3 is 2.34 bits per heavy atom. The molecular formula is C22H24Cl3N3O4. The van der Waals surface area contributed by atoms with Crippen LogP contribution in [-0.4, -0.2) is 48.4 Å². The number of ether oxygens (including phenoxy) is 1. The van der Waals surface area contributed by atoms with Gasteiger partial charge in [-0.3, -0.25) is 4.79 Å². The molecule has 7 nitrogen and oxygen atoms in total. The van der Waals surface area contributed by atoms with E-state index in [-0.39, 0.29) is 30.7 Å². The molecule has 32 heavy (non-hydrogen) atoms. The van der Waals surface area contributed by atoms with Crippen LogP contribution in [0.2, 0.25) is 15.1 Å². The highest BCUT2D eigenvalue weighted by Gasteiger charge is 2.31. The number of benzene rings is 2. The lowest BCUT2D eigenvalue weighted by molar-refractivity contribution is -0.0886. The number of aliphatic hydroxyl groups is 1. The van der Waals surface area contributed by atoms with Gasteiger partial charge in [-0.1, -0.05) is 34.8 Å². The van der Waals surface area contributed by atoms with Crippen molar-refractivity contribution in [2.75, 3.05) is 18.5 Å². The van der Waals surface area contributed by atoms with Crippen LogP contribution in [0, 0.1) is 0 Å². The minimum Gasteiger partial charge on any atom is -0.394 e. The number of urea groups is 1. The number of aliphatic hydroxyl groups excluding tert-OH is 1. The van der Waals surface area contributed by atoms with E-state index in [1.807, 2.05) is 0 Å². The minimum absolute atomic E-state index is 0.146. The molecule has 0 radical (unpaired) electrons. The van der Waals surface area contributed by atoms with Gasteiger partial charge in [0.1, 0.15) is 6.10 Å². The molecule has 0 spiro atoms. The maximum atomic E-state index is 12.3. The maximum absolute atomic E-state index is 12.3. The predicted molar refractivity (Wildman–Crippen MR) is 126 cm³/mol. The topological polar surface area (TPSA) is 99.7 Å². The number of anilines is 1. The fourth-order valence-corrected chi connectivity index (χ4v) is 4.16. The quantitative estimate of drug-likeness (QED) is 0.450. The van der Waals surface area contributed by atoms with E-state index >= 15 is 0 Å². The van der Waals surface area contributed by atoms with E-state index in [9.17, 15) is 14.7 Å². The molecule has 4 N–H and O–H groups in total. The Hall–Kier alpha value is -2.03. The van der Waals surface area contributed by atoms with Crippen LogP contribution in [0.4, 0.5) is 10.5 Å². The first-order chi connectivity index (χ1) is 15.3. The van der Waals surface area contributed by atoms with Crippen LogP contribution in [0.3, 0.4) is 0 Å². The molecule has 0 bridgehead atoms. The van der Waals surface area contributed by atoms with Gasteiger partial charge in [-0.05, 0) is 61.7 Å². The summed E-state index contributed by atoms with van der Waals surface area (Å²) in [6.07, 6.45) is 1.21. The number of nitrogens with one attached hydrogen (secondary N) is 3. The largest absolute Gasteiger partial charge is 0.394 e. The van der Waals surface area contributed by atoms with Crippen LogP contribution in [0.1, 0.15) is 29.6 Å². The SMILES string of the molecule is O=C(Nc1ccc(Cl)cc1)N[C@H]1CC[C@@H](CCNC(=O)c2cc(Cl)cc(Cl)c2)O[C@H]1CO. The molecule has 10 heteroatoms. The molecule has 0 aromatic heterocycles. The maximum Gasteiger partial charge on any atom is 0.319 e. The summed E-state index contributed by atoms with van der Waals surface area (Å²) in [7, 11) is 0. The van der Waals surface area contributed by atoms with Crippen molar-refractivity contribution >= 4 is 52.4 Å². The second-order valence-corrected chi connectivity index (χ2v) is 8.78. The number of carbonyl (C=O) groups excluding carboxylic acids is 2. The van der Waals surface area contributed by atoms with Crippen molar-refractivity contribution in [3.63, 3.8) is 0 Å². The summed E-state index contributed by atoms with van der Waals surface area (Å²) in [4.78, 5) is 24.6. The van der Waals surface area contributed by atoms with Gasteiger partial charge in [-0.15, -0.1) is 0 Å². The summed E-state index contributed by atoms with van der Waals surface area (Å²) in [5.41, 5.74) is 0.995. The Bertz CT molecular complexity index is 922. The second kappa shape index (κ2) is 11.7. The molecule has 0 unspecified atom stereocenters. The molecule has 2 aromatic carbocycles. The number of halogens is 3. The molecule has 1 aliphatic heterocycles. The predicted octanol–water partition coefficient (Wildman–Crippen LogP) is 4.50. The molecule has 2 aromatic rings. The molecule has 1 fully saturated rings. The van der Waals surface area contributed by atoms with E-state index in [4.69, 9.17) is 39.5 Å². The number of amides is 3. The van der Waals surface area contributed by atoms with Gasteiger partial charge in [0.15, 0.2) is 0 Å². The third kappa shape index (κ3) is 7.25. The summed E-state index contributed by atoms with van der Waals surface area (Å²) in [5, 5.41) is 19.5. The Labute approximate surface area is 201 Å². The van der Waals surface area contributed by atoms with Gasteiger partial charge in [0.2, 0.25) is 0 Å². The molecule has 1 heterocycles. The van der Waals surface area contributed by atoms with Gasteiger partial charge in [-0.25, -0.2) is 4.79 Å². The van der Waals surface area contributed by atoms with Crippen molar-refractivity contribution in [3.8, 4) is 0 Å². The number of rotatable bonds is 7. The Kier molecular flexibility index (Phi) is 9.02. The van der Waals surface area contributed by atoms with E-state index in [0.29, 0.717) is 52.1 Å². The molecule has 0 aliphatic carbocycles. The standard InChI is InChI=1S/C22H24Cl3N3O4/c23-14-1-3-17(4-2-14)27-22(31)28-19-6-5-18(32-20(19)12-29)7-8-26-21(30)13-9-15(24)11-16(25)10-13/h1-4,9-11,18-20,29H,5-8,12H2,(H,26,30)(H2,27,28,31)/t18-,19-,20-/m0/s1. The molecule has 1 aliphatic rings. The zero-order valence-corrected chi connectivity index (χ0v) is 19.4. The van der Waals surface area contributed by atoms with E-state index < -0.39 is 6.10 Å². The first kappa shape index (κ1) is 24.6. The highest BCUT2D eigenvalue weighted by Crippen LogP contribution is 2.23. The first-order valence-corrected chi connectivity index (χ1v) is 11.3. The summed E-state index contributed by atoms with van der Waals surface area (Å²) in [6, 6.07) is 10.7. The van der Waals surface area contributed by atoms with Gasteiger partial charge < -0.3 is 25.8 Å². The third-order valence-corrected chi connectivity index (χ3v) is 5.78. The summed E-state index contributed by atoms with van der Waals surface area (Å²) in [5.74, 6) is -0.276. The lowest BCUT2D eigenvalue weighted by atomic mass is 9.97. The van der Waals surface area contributed by atoms with Gasteiger partial charge in [0, 0.05) is 32.9 Å². The van der Waals surface area contributed by atoms with Crippen molar-refractivity contribution in [1.29, 1.82) is 0 Å². The van der Waals surface area contributed by atoms with Gasteiger partial charge in [-0.2, -0.15) is 0 Å². The fraction of sp³-hybridized carbons (Fsp3) is 0.364. The highest BCUT2D eigenvalue weighted by atomic mass is 35.5. The van der Waals surface area contributed by atoms with Crippen molar-refractivity contribution in [1.82, 2.24) is 10.6 Å². The van der Waals surface area contributed by atoms with E-state index in [2.05, 4.69) is 16.0 Å². The van der Waals surface area contributed by atoms with Crippen LogP contribution < -0.4 is 16.0 Å². The minimum atomic E-state index is -0.535. The van der Waals surface area contributed by atoms with Crippen LogP contribution in [0.5, 0.6) is 0 Å². The number of hydrogen-bond donors (Lipinski definition) is 4. The second-order valence-electron chi connectivity index (χ2n) is 7.47. The number of carbonyl (C=O) groups is 2. The average molecular weight is 501 g/mol. The Morgan fingerprint density at radius 1 is 1.00 bits per heavy atom. The van der Waals surface area contributed by atoms with Gasteiger partial charge in [0.25, 0.3) is 5.91 Å². The van der Waals surface area contributed by atoms with Crippen LogP contribution in [0.25, 0.3) is 0 Å². The molecule has 172 valence electrons. The highest BCUT2D eigenvalue weighted by molar-refractivity contribution is 6.35. The molecule has 3 atom stereocenters. The summed E-state index contributed by atoms with van der Waals surface area (Å²) >= 11 is 17.7. The van der Waals surface area contributed by atoms with Crippen molar-refractivity contribution in [3.05, 3.63) is 63.1 Å². The zero-order chi connectivity index (χ0) is 23.1. The fourth-order valence-electron chi connectivity index (χ4n) is 3.51.